The Morgan fingerprint density at radius 2 is 2.18 bits per heavy atom. The second-order valence-electron chi connectivity index (χ2n) is 6.36. The number of rotatable bonds is 2. The Labute approximate surface area is 128 Å². The first kappa shape index (κ1) is 13.6. The molecule has 2 aliphatic rings. The highest BCUT2D eigenvalue weighted by atomic mass is 16.3. The highest BCUT2D eigenvalue weighted by Crippen LogP contribution is 2.37. The van der Waals surface area contributed by atoms with Crippen molar-refractivity contribution in [2.45, 2.75) is 19.3 Å². The van der Waals surface area contributed by atoms with E-state index in [1.54, 1.807) is 12.3 Å². The van der Waals surface area contributed by atoms with Gasteiger partial charge in [-0.25, -0.2) is 0 Å². The van der Waals surface area contributed by atoms with E-state index in [-0.39, 0.29) is 5.91 Å². The van der Waals surface area contributed by atoms with E-state index in [0.29, 0.717) is 16.9 Å². The lowest BCUT2D eigenvalue weighted by Gasteiger charge is -2.38. The van der Waals surface area contributed by atoms with Crippen LogP contribution in [0.1, 0.15) is 29.8 Å². The number of hydrogen-bond acceptors (Lipinski definition) is 4. The number of carbonyl (C=O) groups excluding carboxylic acids is 1. The third-order valence-corrected chi connectivity index (χ3v) is 5.03. The van der Waals surface area contributed by atoms with Gasteiger partial charge in [0.1, 0.15) is 5.69 Å². The number of aromatic amines is 1. The van der Waals surface area contributed by atoms with Gasteiger partial charge < -0.3 is 14.6 Å². The fourth-order valence-electron chi connectivity index (χ4n) is 3.56. The Hall–Kier alpha value is -2.08. The van der Waals surface area contributed by atoms with Crippen molar-refractivity contribution in [1.82, 2.24) is 20.4 Å². The van der Waals surface area contributed by atoms with E-state index in [1.807, 2.05) is 17.0 Å². The number of piperidine rings is 1. The Bertz CT molecular complexity index is 646. The minimum atomic E-state index is 0.00913. The van der Waals surface area contributed by atoms with Crippen LogP contribution in [0.5, 0.6) is 0 Å². The SMILES string of the molecule is O=C(c1cc(-c2ccco2)[nH]n1)N1CCC2(CCNC2)CC1. The zero-order chi connectivity index (χ0) is 15.0. The van der Waals surface area contributed by atoms with Crippen molar-refractivity contribution in [3.8, 4) is 11.5 Å². The molecule has 1 spiro atoms. The van der Waals surface area contributed by atoms with Crippen molar-refractivity contribution in [1.29, 1.82) is 0 Å². The van der Waals surface area contributed by atoms with Gasteiger partial charge in [-0.1, -0.05) is 0 Å². The predicted molar refractivity (Wildman–Crippen MR) is 81.3 cm³/mol. The molecule has 0 aliphatic carbocycles. The van der Waals surface area contributed by atoms with E-state index in [1.165, 1.54) is 6.42 Å². The molecule has 116 valence electrons. The molecule has 4 heterocycles. The average molecular weight is 300 g/mol. The second kappa shape index (κ2) is 5.28. The summed E-state index contributed by atoms with van der Waals surface area (Å²) < 4.78 is 5.32. The van der Waals surface area contributed by atoms with E-state index < -0.39 is 0 Å². The molecule has 22 heavy (non-hydrogen) atoms. The zero-order valence-electron chi connectivity index (χ0n) is 12.5. The molecule has 0 aromatic carbocycles. The number of amides is 1. The summed E-state index contributed by atoms with van der Waals surface area (Å²) in [5.74, 6) is 0.705. The Kier molecular flexibility index (Phi) is 3.26. The van der Waals surface area contributed by atoms with Gasteiger partial charge in [-0.3, -0.25) is 9.89 Å². The Balaban J connectivity index is 1.44. The van der Waals surface area contributed by atoms with Crippen LogP contribution in [0.2, 0.25) is 0 Å². The molecule has 0 unspecified atom stereocenters. The molecule has 2 aromatic rings. The van der Waals surface area contributed by atoms with E-state index in [9.17, 15) is 4.79 Å². The van der Waals surface area contributed by atoms with Gasteiger partial charge in [-0.15, -0.1) is 0 Å². The first-order valence-corrected chi connectivity index (χ1v) is 7.85. The molecule has 6 heteroatoms. The maximum Gasteiger partial charge on any atom is 0.274 e. The summed E-state index contributed by atoms with van der Waals surface area (Å²) >= 11 is 0. The number of carbonyl (C=O) groups is 1. The molecule has 2 aliphatic heterocycles. The average Bonchev–Trinajstić information content (AvgIpc) is 3.29. The number of likely N-dealkylation sites (tertiary alicyclic amines) is 1. The lowest BCUT2D eigenvalue weighted by atomic mass is 9.78. The van der Waals surface area contributed by atoms with Crippen LogP contribution in [0.15, 0.2) is 28.9 Å². The van der Waals surface area contributed by atoms with Gasteiger partial charge in [0.2, 0.25) is 0 Å². The summed E-state index contributed by atoms with van der Waals surface area (Å²) in [4.78, 5) is 14.5. The smallest absolute Gasteiger partial charge is 0.274 e. The van der Waals surface area contributed by atoms with Crippen molar-refractivity contribution >= 4 is 5.91 Å². The quantitative estimate of drug-likeness (QED) is 0.888. The van der Waals surface area contributed by atoms with Gasteiger partial charge in [0.05, 0.1) is 6.26 Å². The van der Waals surface area contributed by atoms with Crippen molar-refractivity contribution < 1.29 is 9.21 Å². The molecule has 6 nitrogen and oxygen atoms in total. The summed E-state index contributed by atoms with van der Waals surface area (Å²) in [5.41, 5.74) is 1.62. The maximum absolute atomic E-state index is 12.6. The number of nitrogens with one attached hydrogen (secondary N) is 2. The van der Waals surface area contributed by atoms with E-state index >= 15 is 0 Å². The van der Waals surface area contributed by atoms with Crippen LogP contribution in [-0.2, 0) is 0 Å². The standard InChI is InChI=1S/C16H20N4O2/c21-15(13-10-12(18-19-13)14-2-1-9-22-14)20-7-4-16(5-8-20)3-6-17-11-16/h1-2,9-10,17H,3-8,11H2,(H,18,19). The summed E-state index contributed by atoms with van der Waals surface area (Å²) in [6.45, 7) is 3.85. The van der Waals surface area contributed by atoms with Gasteiger partial charge >= 0.3 is 0 Å². The van der Waals surface area contributed by atoms with Crippen LogP contribution >= 0.6 is 0 Å². The van der Waals surface area contributed by atoms with Gasteiger partial charge in [0.15, 0.2) is 11.5 Å². The zero-order valence-corrected chi connectivity index (χ0v) is 12.5. The van der Waals surface area contributed by atoms with Gasteiger partial charge in [0, 0.05) is 25.7 Å². The molecular formula is C16H20N4O2. The number of H-pyrrole nitrogens is 1. The van der Waals surface area contributed by atoms with Crippen LogP contribution in [0.25, 0.3) is 11.5 Å². The minimum Gasteiger partial charge on any atom is -0.463 e. The van der Waals surface area contributed by atoms with Gasteiger partial charge in [-0.2, -0.15) is 5.10 Å². The second-order valence-corrected chi connectivity index (χ2v) is 6.36. The van der Waals surface area contributed by atoms with Crippen LogP contribution < -0.4 is 5.32 Å². The number of aromatic nitrogens is 2. The van der Waals surface area contributed by atoms with Crippen molar-refractivity contribution in [3.63, 3.8) is 0 Å². The van der Waals surface area contributed by atoms with E-state index in [4.69, 9.17) is 4.42 Å². The molecule has 2 aromatic heterocycles. The fraction of sp³-hybridized carbons (Fsp3) is 0.500. The predicted octanol–water partition coefficient (Wildman–Crippen LogP) is 1.89. The molecule has 0 bridgehead atoms. The van der Waals surface area contributed by atoms with Crippen LogP contribution in [0, 0.1) is 5.41 Å². The van der Waals surface area contributed by atoms with Crippen molar-refractivity contribution in [2.75, 3.05) is 26.2 Å². The van der Waals surface area contributed by atoms with E-state index in [0.717, 1.165) is 44.7 Å². The molecule has 2 N–H and O–H groups in total. The topological polar surface area (TPSA) is 74.2 Å². The van der Waals surface area contributed by atoms with Crippen molar-refractivity contribution in [3.05, 3.63) is 30.2 Å². The largest absolute Gasteiger partial charge is 0.463 e. The first-order valence-electron chi connectivity index (χ1n) is 7.85. The van der Waals surface area contributed by atoms with Gasteiger partial charge in [-0.05, 0) is 43.4 Å². The summed E-state index contributed by atoms with van der Waals surface area (Å²) in [5, 5.41) is 10.5. The number of hydrogen-bond donors (Lipinski definition) is 2. The summed E-state index contributed by atoms with van der Waals surface area (Å²) in [6.07, 6.45) is 5.01. The Morgan fingerprint density at radius 3 is 2.86 bits per heavy atom. The molecule has 2 saturated heterocycles. The van der Waals surface area contributed by atoms with Crippen LogP contribution in [0.4, 0.5) is 0 Å². The highest BCUT2D eigenvalue weighted by Gasteiger charge is 2.38. The monoisotopic (exact) mass is 300 g/mol. The maximum atomic E-state index is 12.6. The molecular weight excluding hydrogens is 280 g/mol. The Morgan fingerprint density at radius 1 is 1.32 bits per heavy atom. The number of nitrogens with zero attached hydrogens (tertiary/aromatic N) is 2. The molecule has 0 atom stereocenters. The van der Waals surface area contributed by atoms with E-state index in [2.05, 4.69) is 15.5 Å². The summed E-state index contributed by atoms with van der Waals surface area (Å²) in [6, 6.07) is 5.43. The third kappa shape index (κ3) is 2.33. The lowest BCUT2D eigenvalue weighted by molar-refractivity contribution is 0.0602. The molecule has 4 rings (SSSR count). The first-order chi connectivity index (χ1) is 10.8. The minimum absolute atomic E-state index is 0.00913. The molecule has 0 radical (unpaired) electrons. The summed E-state index contributed by atoms with van der Waals surface area (Å²) in [7, 11) is 0. The lowest BCUT2D eigenvalue weighted by Crippen LogP contribution is -2.44. The van der Waals surface area contributed by atoms with Crippen molar-refractivity contribution in [2.24, 2.45) is 5.41 Å². The van der Waals surface area contributed by atoms with Crippen LogP contribution in [0.3, 0.4) is 0 Å². The third-order valence-electron chi connectivity index (χ3n) is 5.03. The molecule has 2 fully saturated rings. The fourth-order valence-corrected chi connectivity index (χ4v) is 3.56. The molecule has 0 saturated carbocycles. The normalized spacial score (nSPS) is 20.6. The van der Waals surface area contributed by atoms with Gasteiger partial charge in [0.25, 0.3) is 5.91 Å². The number of furan rings is 1. The molecule has 1 amide bonds. The van der Waals surface area contributed by atoms with Crippen LogP contribution in [-0.4, -0.2) is 47.2 Å². The highest BCUT2D eigenvalue weighted by molar-refractivity contribution is 5.93.